The Labute approximate surface area is 193 Å². The van der Waals surface area contributed by atoms with Crippen LogP contribution in [0.2, 0.25) is 0 Å². The minimum absolute atomic E-state index is 0.627. The lowest BCUT2D eigenvalue weighted by atomic mass is 10.1. The Morgan fingerprint density at radius 3 is 1.53 bits per heavy atom. The smallest absolute Gasteiger partial charge is 0.394 e. The second-order valence-corrected chi connectivity index (χ2v) is 8.96. The van der Waals surface area contributed by atoms with Crippen LogP contribution in [0.25, 0.3) is 11.0 Å². The van der Waals surface area contributed by atoms with Crippen molar-refractivity contribution in [3.05, 3.63) is 24.3 Å². The number of hydrogen-bond acceptors (Lipinski definition) is 5. The maximum Gasteiger partial charge on any atom is 0.394 e. The molecule has 3 N–H and O–H groups in total. The molecule has 186 valence electrons. The summed E-state index contributed by atoms with van der Waals surface area (Å²) < 4.78 is 33.0. The first-order valence-electron chi connectivity index (χ1n) is 11.7. The monoisotopic (exact) mass is 475 g/mol. The van der Waals surface area contributed by atoms with Crippen molar-refractivity contribution in [2.45, 2.75) is 79.1 Å². The van der Waals surface area contributed by atoms with E-state index in [1.165, 1.54) is 82.0 Å². The molecule has 0 fully saturated rings. The SMILES string of the molecule is CCCC[N+](CCCC)(CCCC)CCCC.O=S(=O)(O)O.On1nnc2ccccc21. The van der Waals surface area contributed by atoms with E-state index < -0.39 is 10.4 Å². The Balaban J connectivity index is 0.000000532. The Morgan fingerprint density at radius 2 is 1.19 bits per heavy atom. The van der Waals surface area contributed by atoms with Gasteiger partial charge in [0.15, 0.2) is 0 Å². The molecule has 10 heteroatoms. The van der Waals surface area contributed by atoms with Gasteiger partial charge < -0.3 is 9.69 Å². The summed E-state index contributed by atoms with van der Waals surface area (Å²) in [6.07, 6.45) is 11.1. The number of rotatable bonds is 12. The Hall–Kier alpha value is -1.75. The molecule has 0 unspecified atom stereocenters. The number of para-hydroxylation sites is 1. The molecule has 32 heavy (non-hydrogen) atoms. The number of unbranched alkanes of at least 4 members (excludes halogenated alkanes) is 4. The summed E-state index contributed by atoms with van der Waals surface area (Å²) in [6, 6.07) is 7.19. The van der Waals surface area contributed by atoms with E-state index in [9.17, 15) is 0 Å². The number of fused-ring (bicyclic) bond motifs is 1. The fourth-order valence-corrected chi connectivity index (χ4v) is 3.50. The minimum atomic E-state index is -4.67. The molecule has 2 aromatic rings. The van der Waals surface area contributed by atoms with Crippen LogP contribution in [0.15, 0.2) is 24.3 Å². The molecule has 1 aromatic heterocycles. The number of benzene rings is 1. The minimum Gasteiger partial charge on any atom is -0.410 e. The normalized spacial score (nSPS) is 11.4. The predicted molar refractivity (Wildman–Crippen MR) is 128 cm³/mol. The van der Waals surface area contributed by atoms with E-state index in [4.69, 9.17) is 22.7 Å². The Kier molecular flexibility index (Phi) is 15.9. The van der Waals surface area contributed by atoms with Crippen molar-refractivity contribution in [2.75, 3.05) is 26.2 Å². The second-order valence-electron chi connectivity index (χ2n) is 8.07. The van der Waals surface area contributed by atoms with Crippen molar-refractivity contribution in [1.29, 1.82) is 0 Å². The fraction of sp³-hybridized carbons (Fsp3) is 0.727. The number of nitrogens with zero attached hydrogens (tertiary/aromatic N) is 4. The predicted octanol–water partition coefficient (Wildman–Crippen LogP) is 5.02. The zero-order chi connectivity index (χ0) is 24.5. The Morgan fingerprint density at radius 1 is 0.812 bits per heavy atom. The van der Waals surface area contributed by atoms with Crippen LogP contribution in [0, 0.1) is 0 Å². The molecule has 0 aliphatic rings. The number of hydrogen-bond donors (Lipinski definition) is 3. The van der Waals surface area contributed by atoms with E-state index >= 15 is 0 Å². The van der Waals surface area contributed by atoms with Crippen molar-refractivity contribution in [2.24, 2.45) is 0 Å². The van der Waals surface area contributed by atoms with E-state index in [0.717, 1.165) is 4.85 Å². The molecule has 0 amide bonds. The molecule has 0 aliphatic carbocycles. The summed E-state index contributed by atoms with van der Waals surface area (Å²) in [5.41, 5.74) is 1.33. The summed E-state index contributed by atoms with van der Waals surface area (Å²) in [5, 5.41) is 16.1. The van der Waals surface area contributed by atoms with E-state index in [1.54, 1.807) is 12.1 Å². The van der Waals surface area contributed by atoms with Gasteiger partial charge in [-0.05, 0) is 43.0 Å². The van der Waals surface area contributed by atoms with Gasteiger partial charge in [0.05, 0.1) is 26.2 Å². The van der Waals surface area contributed by atoms with Gasteiger partial charge in [-0.3, -0.25) is 9.11 Å². The quantitative estimate of drug-likeness (QED) is 0.223. The number of aromatic nitrogens is 3. The van der Waals surface area contributed by atoms with Gasteiger partial charge in [-0.25, -0.2) is 0 Å². The molecule has 1 aromatic carbocycles. The molecule has 0 saturated heterocycles. The highest BCUT2D eigenvalue weighted by atomic mass is 32.3. The van der Waals surface area contributed by atoms with Gasteiger partial charge in [0.2, 0.25) is 0 Å². The zero-order valence-electron chi connectivity index (χ0n) is 20.1. The number of quaternary nitrogens is 1. The lowest BCUT2D eigenvalue weighted by Gasteiger charge is -2.39. The molecule has 0 atom stereocenters. The molecule has 0 spiro atoms. The van der Waals surface area contributed by atoms with E-state index in [1.807, 2.05) is 12.1 Å². The summed E-state index contributed by atoms with van der Waals surface area (Å²) >= 11 is 0. The summed E-state index contributed by atoms with van der Waals surface area (Å²) in [6.45, 7) is 15.0. The topological polar surface area (TPSA) is 126 Å². The fourth-order valence-electron chi connectivity index (χ4n) is 3.50. The molecular weight excluding hydrogens is 432 g/mol. The van der Waals surface area contributed by atoms with Crippen molar-refractivity contribution in [1.82, 2.24) is 15.2 Å². The van der Waals surface area contributed by atoms with Gasteiger partial charge >= 0.3 is 10.4 Å². The lowest BCUT2D eigenvalue weighted by molar-refractivity contribution is -0.929. The van der Waals surface area contributed by atoms with Gasteiger partial charge in [0.25, 0.3) is 0 Å². The van der Waals surface area contributed by atoms with Crippen LogP contribution in [0.1, 0.15) is 79.1 Å². The van der Waals surface area contributed by atoms with E-state index in [-0.39, 0.29) is 0 Å². The molecule has 0 bridgehead atoms. The first-order chi connectivity index (χ1) is 15.1. The molecule has 0 aliphatic heterocycles. The highest BCUT2D eigenvalue weighted by Gasteiger charge is 2.24. The van der Waals surface area contributed by atoms with Crippen LogP contribution in [-0.4, -0.2) is 68.5 Å². The van der Waals surface area contributed by atoms with Crippen molar-refractivity contribution >= 4 is 21.4 Å². The molecule has 9 nitrogen and oxygen atoms in total. The van der Waals surface area contributed by atoms with Gasteiger partial charge in [-0.15, -0.1) is 5.10 Å². The maximum absolute atomic E-state index is 8.95. The average Bonchev–Trinajstić information content (AvgIpc) is 3.13. The van der Waals surface area contributed by atoms with Crippen LogP contribution in [-0.2, 0) is 10.4 Å². The molecule has 2 rings (SSSR count). The third-order valence-electron chi connectivity index (χ3n) is 5.28. The summed E-state index contributed by atoms with van der Waals surface area (Å²) in [5.74, 6) is 0. The zero-order valence-corrected chi connectivity index (χ0v) is 21.0. The van der Waals surface area contributed by atoms with Crippen LogP contribution in [0.4, 0.5) is 0 Å². The van der Waals surface area contributed by atoms with Crippen LogP contribution in [0.3, 0.4) is 0 Å². The molecule has 1 heterocycles. The summed E-state index contributed by atoms with van der Waals surface area (Å²) in [4.78, 5) is 0.759. The van der Waals surface area contributed by atoms with Gasteiger partial charge in [0, 0.05) is 0 Å². The van der Waals surface area contributed by atoms with E-state index in [0.29, 0.717) is 11.0 Å². The first kappa shape index (κ1) is 30.2. The summed E-state index contributed by atoms with van der Waals surface area (Å²) in [7, 11) is -4.67. The van der Waals surface area contributed by atoms with Crippen molar-refractivity contribution in [3.8, 4) is 0 Å². The molecular formula is C22H43N4O5S+. The maximum atomic E-state index is 8.95. The van der Waals surface area contributed by atoms with Crippen LogP contribution in [0.5, 0.6) is 0 Å². The van der Waals surface area contributed by atoms with Gasteiger partial charge in [-0.2, -0.15) is 8.42 Å². The Bertz CT molecular complexity index is 781. The second kappa shape index (κ2) is 16.8. The average molecular weight is 476 g/mol. The van der Waals surface area contributed by atoms with Crippen molar-refractivity contribution in [3.63, 3.8) is 0 Å². The van der Waals surface area contributed by atoms with Crippen LogP contribution >= 0.6 is 0 Å². The van der Waals surface area contributed by atoms with E-state index in [2.05, 4.69) is 38.0 Å². The van der Waals surface area contributed by atoms with Crippen molar-refractivity contribution < 1.29 is 27.2 Å². The van der Waals surface area contributed by atoms with Crippen LogP contribution < -0.4 is 0 Å². The first-order valence-corrected chi connectivity index (χ1v) is 13.1. The molecule has 0 radical (unpaired) electrons. The third kappa shape index (κ3) is 14.3. The van der Waals surface area contributed by atoms with Gasteiger partial charge in [-0.1, -0.05) is 70.4 Å². The highest BCUT2D eigenvalue weighted by molar-refractivity contribution is 7.79. The highest BCUT2D eigenvalue weighted by Crippen LogP contribution is 2.16. The lowest BCUT2D eigenvalue weighted by Crippen LogP contribution is -2.50. The standard InChI is InChI=1S/C16H36N.C6H5N3O.H2O4S/c1-5-9-13-17(14-10-6-2,15-11-7-3)16-12-8-4;10-9-6-4-2-1-3-5(6)7-8-9;1-5(2,3)4/h5-16H2,1-4H3;1-4,10H;(H2,1,2,3,4)/q+1;;. The largest absolute Gasteiger partial charge is 0.410 e. The third-order valence-corrected chi connectivity index (χ3v) is 5.28. The molecule has 0 saturated carbocycles. The van der Waals surface area contributed by atoms with Gasteiger partial charge in [0.1, 0.15) is 11.0 Å².